The highest BCUT2D eigenvalue weighted by atomic mass is 35.6. The third-order valence-corrected chi connectivity index (χ3v) is 7.23. The Morgan fingerprint density at radius 2 is 1.83 bits per heavy atom. The molecule has 2 unspecified atom stereocenters. The zero-order chi connectivity index (χ0) is 29.2. The van der Waals surface area contributed by atoms with Gasteiger partial charge in [-0.05, 0) is 42.5 Å². The molecule has 1 aliphatic heterocycles. The van der Waals surface area contributed by atoms with Crippen LogP contribution in [0.25, 0.3) is 17.0 Å². The van der Waals surface area contributed by atoms with Gasteiger partial charge < -0.3 is 25.0 Å². The molecule has 13 heteroatoms. The maximum atomic E-state index is 12.8. The SMILES string of the molecule is CC(OC(=O)N1CCOCC1)SC(=NC(NC(=O)/C=C/c1ccccc1)C(Cl)(Cl)Cl)Nc1cccc2cccnc12. The van der Waals surface area contributed by atoms with Gasteiger partial charge in [-0.2, -0.15) is 0 Å². The lowest BCUT2D eigenvalue weighted by Gasteiger charge is -2.28. The smallest absolute Gasteiger partial charge is 0.411 e. The highest BCUT2D eigenvalue weighted by Gasteiger charge is 2.34. The molecule has 0 saturated carbocycles. The molecule has 9 nitrogen and oxygen atoms in total. The Labute approximate surface area is 257 Å². The highest BCUT2D eigenvalue weighted by molar-refractivity contribution is 8.14. The second-order valence-corrected chi connectivity index (χ2v) is 12.5. The first-order valence-corrected chi connectivity index (χ1v) is 14.7. The van der Waals surface area contributed by atoms with Gasteiger partial charge in [0.2, 0.25) is 9.70 Å². The van der Waals surface area contributed by atoms with Crippen molar-refractivity contribution < 1.29 is 19.1 Å². The molecule has 1 fully saturated rings. The third-order valence-electron chi connectivity index (χ3n) is 5.75. The number of amidine groups is 1. The predicted molar refractivity (Wildman–Crippen MR) is 166 cm³/mol. The molecule has 2 heterocycles. The number of aromatic nitrogens is 1. The number of para-hydroxylation sites is 1. The number of thioether (sulfide) groups is 1. The number of ether oxygens (including phenoxy) is 2. The number of rotatable bonds is 7. The predicted octanol–water partition coefficient (Wildman–Crippen LogP) is 6.08. The van der Waals surface area contributed by atoms with Gasteiger partial charge in [0.05, 0.1) is 24.4 Å². The van der Waals surface area contributed by atoms with Gasteiger partial charge in [-0.15, -0.1) is 0 Å². The van der Waals surface area contributed by atoms with Crippen LogP contribution in [0.4, 0.5) is 10.5 Å². The van der Waals surface area contributed by atoms with Gasteiger partial charge >= 0.3 is 6.09 Å². The van der Waals surface area contributed by atoms with Crippen molar-refractivity contribution in [1.82, 2.24) is 15.2 Å². The molecule has 2 amide bonds. The summed E-state index contributed by atoms with van der Waals surface area (Å²) in [6, 6.07) is 18.7. The quantitative estimate of drug-likeness (QED) is 0.107. The number of carbonyl (C=O) groups excluding carboxylic acids is 2. The first-order valence-electron chi connectivity index (χ1n) is 12.7. The van der Waals surface area contributed by atoms with E-state index in [1.807, 2.05) is 60.7 Å². The minimum Gasteiger partial charge on any atom is -0.435 e. The van der Waals surface area contributed by atoms with Crippen molar-refractivity contribution in [2.45, 2.75) is 22.3 Å². The van der Waals surface area contributed by atoms with E-state index in [1.165, 1.54) is 6.08 Å². The van der Waals surface area contributed by atoms with E-state index >= 15 is 0 Å². The van der Waals surface area contributed by atoms with Crippen LogP contribution in [-0.4, -0.2) is 68.7 Å². The van der Waals surface area contributed by atoms with Gasteiger partial charge in [0.15, 0.2) is 16.8 Å². The second-order valence-electron chi connectivity index (χ2n) is 8.81. The molecule has 2 N–H and O–H groups in total. The first kappa shape index (κ1) is 30.9. The fraction of sp³-hybridized carbons (Fsp3) is 0.286. The zero-order valence-electron chi connectivity index (χ0n) is 22.0. The molecule has 0 radical (unpaired) electrons. The number of carbonyl (C=O) groups is 2. The molecule has 0 bridgehead atoms. The third kappa shape index (κ3) is 9.51. The number of aliphatic imine (C=N–C) groups is 1. The summed E-state index contributed by atoms with van der Waals surface area (Å²) < 4.78 is 8.94. The Kier molecular flexibility index (Phi) is 11.1. The summed E-state index contributed by atoms with van der Waals surface area (Å²) >= 11 is 19.9. The Balaban J connectivity index is 1.58. The number of alkyl halides is 3. The van der Waals surface area contributed by atoms with Crippen LogP contribution in [0.3, 0.4) is 0 Å². The largest absolute Gasteiger partial charge is 0.435 e. The number of fused-ring (bicyclic) bond motifs is 1. The number of pyridine rings is 1. The van der Waals surface area contributed by atoms with Gasteiger partial charge in [-0.3, -0.25) is 9.78 Å². The van der Waals surface area contributed by atoms with E-state index in [9.17, 15) is 9.59 Å². The van der Waals surface area contributed by atoms with Crippen LogP contribution >= 0.6 is 46.6 Å². The molecule has 0 spiro atoms. The van der Waals surface area contributed by atoms with Crippen molar-refractivity contribution in [2.24, 2.45) is 4.99 Å². The zero-order valence-corrected chi connectivity index (χ0v) is 25.1. The van der Waals surface area contributed by atoms with Crippen LogP contribution < -0.4 is 10.6 Å². The van der Waals surface area contributed by atoms with Gasteiger partial charge in [-0.1, -0.05) is 83.3 Å². The second kappa shape index (κ2) is 14.7. The van der Waals surface area contributed by atoms with Crippen LogP contribution in [0.2, 0.25) is 0 Å². The fourth-order valence-electron chi connectivity index (χ4n) is 3.78. The average Bonchev–Trinajstić information content (AvgIpc) is 2.96. The monoisotopic (exact) mass is 635 g/mol. The van der Waals surface area contributed by atoms with Crippen molar-refractivity contribution in [3.63, 3.8) is 0 Å². The molecule has 3 aromatic rings. The standard InChI is InChI=1S/C28H28Cl3N5O4S/c1-19(40-27(38)36-15-17-39-18-16-36)41-26(33-22-11-5-9-21-10-6-14-32-24(21)22)35-25(28(29,30)31)34-23(37)13-12-20-7-3-2-4-8-20/h2-14,19,25H,15-18H2,1H3,(H,33,35)(H,34,37)/b13-12+. The minimum absolute atomic E-state index is 0.231. The number of benzene rings is 2. The summed E-state index contributed by atoms with van der Waals surface area (Å²) in [5.41, 5.74) is 1.44. The number of halogens is 3. The van der Waals surface area contributed by atoms with Crippen LogP contribution in [0.1, 0.15) is 12.5 Å². The van der Waals surface area contributed by atoms with Crippen molar-refractivity contribution in [1.29, 1.82) is 0 Å². The summed E-state index contributed by atoms with van der Waals surface area (Å²) in [5.74, 6) is -0.517. The number of morpholine rings is 1. The Bertz CT molecular complexity index is 1390. The summed E-state index contributed by atoms with van der Waals surface area (Å²) in [7, 11) is 0. The van der Waals surface area contributed by atoms with Crippen LogP contribution in [0.15, 0.2) is 77.9 Å². The Hall–Kier alpha value is -3.02. The molecule has 2 aromatic carbocycles. The molecule has 1 aromatic heterocycles. The van der Waals surface area contributed by atoms with Gasteiger partial charge in [-0.25, -0.2) is 9.79 Å². The molecular weight excluding hydrogens is 609 g/mol. The van der Waals surface area contributed by atoms with Crippen LogP contribution in [-0.2, 0) is 14.3 Å². The molecule has 216 valence electrons. The maximum absolute atomic E-state index is 12.8. The molecule has 41 heavy (non-hydrogen) atoms. The fourth-order valence-corrected chi connectivity index (χ4v) is 4.87. The maximum Gasteiger partial charge on any atom is 0.411 e. The van der Waals surface area contributed by atoms with Crippen molar-refractivity contribution in [2.75, 3.05) is 31.6 Å². The van der Waals surface area contributed by atoms with E-state index in [0.29, 0.717) is 37.5 Å². The summed E-state index contributed by atoms with van der Waals surface area (Å²) in [6.07, 6.45) is 2.87. The summed E-state index contributed by atoms with van der Waals surface area (Å²) in [5, 5.41) is 6.98. The van der Waals surface area contributed by atoms with Gasteiger partial charge in [0.25, 0.3) is 0 Å². The first-order chi connectivity index (χ1) is 19.7. The summed E-state index contributed by atoms with van der Waals surface area (Å²) in [6.45, 7) is 3.47. The number of hydrogen-bond donors (Lipinski definition) is 2. The van der Waals surface area contributed by atoms with E-state index < -0.39 is 27.4 Å². The van der Waals surface area contributed by atoms with Crippen LogP contribution in [0.5, 0.6) is 0 Å². The number of nitrogens with zero attached hydrogens (tertiary/aromatic N) is 3. The summed E-state index contributed by atoms with van der Waals surface area (Å²) in [4.78, 5) is 36.0. The number of hydrogen-bond acceptors (Lipinski definition) is 7. The van der Waals surface area contributed by atoms with E-state index in [0.717, 1.165) is 22.7 Å². The number of anilines is 1. The van der Waals surface area contributed by atoms with E-state index in [2.05, 4.69) is 20.6 Å². The average molecular weight is 637 g/mol. The Morgan fingerprint density at radius 1 is 1.10 bits per heavy atom. The van der Waals surface area contributed by atoms with E-state index in [4.69, 9.17) is 44.3 Å². The lowest BCUT2D eigenvalue weighted by atomic mass is 10.2. The highest BCUT2D eigenvalue weighted by Crippen LogP contribution is 2.33. The lowest BCUT2D eigenvalue weighted by molar-refractivity contribution is -0.117. The van der Waals surface area contributed by atoms with Gasteiger partial charge in [0.1, 0.15) is 0 Å². The van der Waals surface area contributed by atoms with Crippen molar-refractivity contribution >= 4 is 86.4 Å². The van der Waals surface area contributed by atoms with Crippen LogP contribution in [0, 0.1) is 0 Å². The van der Waals surface area contributed by atoms with Crippen molar-refractivity contribution in [3.8, 4) is 0 Å². The van der Waals surface area contributed by atoms with E-state index in [1.54, 1.807) is 24.1 Å². The molecule has 0 aliphatic carbocycles. The molecule has 1 aliphatic rings. The topological polar surface area (TPSA) is 105 Å². The molecule has 2 atom stereocenters. The minimum atomic E-state index is -2.01. The molecule has 4 rings (SSSR count). The lowest BCUT2D eigenvalue weighted by Crippen LogP contribution is -2.43. The normalized spacial score (nSPS) is 15.9. The van der Waals surface area contributed by atoms with Gasteiger partial charge in [0, 0.05) is 30.7 Å². The Morgan fingerprint density at radius 3 is 2.56 bits per heavy atom. The van der Waals surface area contributed by atoms with E-state index in [-0.39, 0.29) is 5.17 Å². The van der Waals surface area contributed by atoms with Crippen molar-refractivity contribution in [3.05, 3.63) is 78.5 Å². The molecular formula is C28H28Cl3N5O4S. The number of nitrogens with one attached hydrogen (secondary N) is 2. The number of amides is 2. The molecule has 1 saturated heterocycles.